The number of Topliss-reactive ketones (excluding diaryl/α,β-unsaturated/α-hetero) is 1. The van der Waals surface area contributed by atoms with Gasteiger partial charge in [0.1, 0.15) is 11.9 Å². The van der Waals surface area contributed by atoms with Crippen molar-refractivity contribution in [3.05, 3.63) is 11.6 Å². The summed E-state index contributed by atoms with van der Waals surface area (Å²) in [7, 11) is 0. The van der Waals surface area contributed by atoms with Crippen LogP contribution in [0, 0.1) is 34.5 Å². The fraction of sp³-hybridized carbons (Fsp3) is 0.783. The third kappa shape index (κ3) is 2.74. The lowest BCUT2D eigenvalue weighted by atomic mass is 9.46. The van der Waals surface area contributed by atoms with Crippen molar-refractivity contribution in [1.29, 1.82) is 0 Å². The maximum absolute atomic E-state index is 12.4. The first-order valence-corrected chi connectivity index (χ1v) is 10.6. The summed E-state index contributed by atoms with van der Waals surface area (Å²) in [4.78, 5) is 36.4. The van der Waals surface area contributed by atoms with Crippen LogP contribution < -0.4 is 0 Å². The average molecular weight is 373 g/mol. The van der Waals surface area contributed by atoms with Crippen molar-refractivity contribution < 1.29 is 19.1 Å². The molecule has 4 aliphatic rings. The summed E-state index contributed by atoms with van der Waals surface area (Å²) >= 11 is 0. The summed E-state index contributed by atoms with van der Waals surface area (Å²) < 4.78 is 5.94. The summed E-state index contributed by atoms with van der Waals surface area (Å²) in [5.74, 6) is 1.61. The standard InChI is InChI=1S/C23H32O4/c1-13(24)18-7-8-19-17-6-5-15-11-16(26)9-10-22(15,3)21(17)20(27-14(2)25)12-23(18,19)4/h11,17-21H,5-10,12H2,1-4H3/t17?,18?,19?,20?,21?,22-,23-/m1/s1. The molecule has 27 heavy (non-hydrogen) atoms. The van der Waals surface area contributed by atoms with Crippen molar-refractivity contribution in [3.63, 3.8) is 0 Å². The zero-order valence-electron chi connectivity index (χ0n) is 17.0. The first kappa shape index (κ1) is 18.9. The Labute approximate surface area is 162 Å². The number of hydrogen-bond donors (Lipinski definition) is 0. The van der Waals surface area contributed by atoms with Crippen LogP contribution in [0.15, 0.2) is 11.6 Å². The Morgan fingerprint density at radius 3 is 2.52 bits per heavy atom. The lowest BCUT2D eigenvalue weighted by Crippen LogP contribution is -2.57. The summed E-state index contributed by atoms with van der Waals surface area (Å²) in [5.41, 5.74) is 1.13. The van der Waals surface area contributed by atoms with Gasteiger partial charge in [-0.25, -0.2) is 0 Å². The van der Waals surface area contributed by atoms with E-state index in [4.69, 9.17) is 4.74 Å². The summed E-state index contributed by atoms with van der Waals surface area (Å²) in [6.07, 6.45) is 8.02. The quantitative estimate of drug-likeness (QED) is 0.679. The van der Waals surface area contributed by atoms with Crippen molar-refractivity contribution in [2.24, 2.45) is 34.5 Å². The lowest BCUT2D eigenvalue weighted by Gasteiger charge is -2.60. The Hall–Kier alpha value is -1.45. The molecule has 0 spiro atoms. The molecule has 0 aromatic rings. The minimum atomic E-state index is -0.232. The molecule has 148 valence electrons. The molecule has 4 nitrogen and oxygen atoms in total. The minimum Gasteiger partial charge on any atom is -0.462 e. The molecule has 3 fully saturated rings. The Morgan fingerprint density at radius 1 is 1.11 bits per heavy atom. The van der Waals surface area contributed by atoms with E-state index in [9.17, 15) is 14.4 Å². The smallest absolute Gasteiger partial charge is 0.302 e. The van der Waals surface area contributed by atoms with Crippen LogP contribution in [0.25, 0.3) is 0 Å². The molecule has 4 rings (SSSR count). The number of allylic oxidation sites excluding steroid dienone is 1. The number of hydrogen-bond acceptors (Lipinski definition) is 4. The molecule has 0 radical (unpaired) electrons. The molecule has 7 atom stereocenters. The molecular weight excluding hydrogens is 340 g/mol. The molecule has 4 aliphatic carbocycles. The third-order valence-corrected chi connectivity index (χ3v) is 8.68. The fourth-order valence-corrected chi connectivity index (χ4v) is 7.64. The molecule has 3 saturated carbocycles. The first-order chi connectivity index (χ1) is 12.7. The van der Waals surface area contributed by atoms with Crippen molar-refractivity contribution in [1.82, 2.24) is 0 Å². The molecular formula is C23H32O4. The highest BCUT2D eigenvalue weighted by molar-refractivity contribution is 5.91. The van der Waals surface area contributed by atoms with Gasteiger partial charge in [-0.3, -0.25) is 14.4 Å². The highest BCUT2D eigenvalue weighted by atomic mass is 16.5. The predicted molar refractivity (Wildman–Crippen MR) is 102 cm³/mol. The van der Waals surface area contributed by atoms with Gasteiger partial charge in [0.15, 0.2) is 5.78 Å². The van der Waals surface area contributed by atoms with Crippen LogP contribution in [-0.4, -0.2) is 23.6 Å². The topological polar surface area (TPSA) is 60.4 Å². The lowest BCUT2D eigenvalue weighted by molar-refractivity contribution is -0.176. The number of carbonyl (C=O) groups is 3. The number of esters is 1. The van der Waals surface area contributed by atoms with Crippen molar-refractivity contribution in [2.75, 3.05) is 0 Å². The number of ketones is 2. The van der Waals surface area contributed by atoms with Gasteiger partial charge < -0.3 is 4.74 Å². The van der Waals surface area contributed by atoms with Gasteiger partial charge in [-0.2, -0.15) is 0 Å². The predicted octanol–water partition coefficient (Wildman–Crippen LogP) is 4.27. The number of rotatable bonds is 2. The molecule has 4 heteroatoms. The molecule has 0 saturated heterocycles. The SMILES string of the molecule is CC(=O)OC1C[C@]2(C)C(C(C)=O)CCC2C2CCC3=CC(=O)CC[C@@]3(C)C12. The fourth-order valence-electron chi connectivity index (χ4n) is 7.64. The van der Waals surface area contributed by atoms with E-state index in [-0.39, 0.29) is 46.3 Å². The van der Waals surface area contributed by atoms with Gasteiger partial charge in [-0.15, -0.1) is 0 Å². The van der Waals surface area contributed by atoms with Crippen molar-refractivity contribution in [3.8, 4) is 0 Å². The third-order valence-electron chi connectivity index (χ3n) is 8.68. The number of fused-ring (bicyclic) bond motifs is 5. The van der Waals surface area contributed by atoms with E-state index in [2.05, 4.69) is 13.8 Å². The van der Waals surface area contributed by atoms with Gasteiger partial charge in [0.05, 0.1) is 0 Å². The Morgan fingerprint density at radius 2 is 1.85 bits per heavy atom. The maximum Gasteiger partial charge on any atom is 0.302 e. The molecule has 5 unspecified atom stereocenters. The normalized spacial score (nSPS) is 46.0. The molecule has 0 bridgehead atoms. The summed E-state index contributed by atoms with van der Waals surface area (Å²) in [5, 5.41) is 0. The van der Waals surface area contributed by atoms with Crippen LogP contribution in [0.5, 0.6) is 0 Å². The Bertz CT molecular complexity index is 722. The molecule has 0 N–H and O–H groups in total. The zero-order chi connectivity index (χ0) is 19.6. The van der Waals surface area contributed by atoms with Crippen LogP contribution in [0.3, 0.4) is 0 Å². The van der Waals surface area contributed by atoms with Crippen molar-refractivity contribution in [2.45, 2.75) is 78.7 Å². The largest absolute Gasteiger partial charge is 0.462 e. The van der Waals surface area contributed by atoms with Crippen LogP contribution in [0.1, 0.15) is 72.6 Å². The molecule has 0 aromatic heterocycles. The van der Waals surface area contributed by atoms with E-state index >= 15 is 0 Å². The molecule has 0 aromatic carbocycles. The van der Waals surface area contributed by atoms with E-state index in [1.165, 1.54) is 12.5 Å². The Kier molecular flexibility index (Phi) is 4.40. The van der Waals surface area contributed by atoms with Gasteiger partial charge in [-0.1, -0.05) is 19.4 Å². The van der Waals surface area contributed by atoms with Crippen molar-refractivity contribution >= 4 is 17.5 Å². The minimum absolute atomic E-state index is 0.0629. The van der Waals surface area contributed by atoms with E-state index in [1.807, 2.05) is 6.08 Å². The van der Waals surface area contributed by atoms with Gasteiger partial charge >= 0.3 is 5.97 Å². The summed E-state index contributed by atoms with van der Waals surface area (Å²) in [6.45, 7) is 7.77. The second kappa shape index (κ2) is 6.28. The van der Waals surface area contributed by atoms with Crippen LogP contribution in [0.2, 0.25) is 0 Å². The highest BCUT2D eigenvalue weighted by Gasteiger charge is 2.63. The van der Waals surface area contributed by atoms with Crippen LogP contribution in [-0.2, 0) is 19.1 Å². The maximum atomic E-state index is 12.4. The van der Waals surface area contributed by atoms with Gasteiger partial charge in [0, 0.05) is 25.2 Å². The second-order valence-electron chi connectivity index (χ2n) is 9.99. The zero-order valence-corrected chi connectivity index (χ0v) is 17.0. The number of ether oxygens (including phenoxy) is 1. The van der Waals surface area contributed by atoms with E-state index in [0.29, 0.717) is 18.3 Å². The van der Waals surface area contributed by atoms with Crippen LogP contribution in [0.4, 0.5) is 0 Å². The number of carbonyl (C=O) groups excluding carboxylic acids is 3. The van der Waals surface area contributed by atoms with Gasteiger partial charge in [-0.05, 0) is 74.2 Å². The second-order valence-corrected chi connectivity index (χ2v) is 9.99. The molecule has 0 aliphatic heterocycles. The first-order valence-electron chi connectivity index (χ1n) is 10.6. The highest BCUT2D eigenvalue weighted by Crippen LogP contribution is 2.67. The summed E-state index contributed by atoms with van der Waals surface area (Å²) in [6, 6.07) is 0. The van der Waals surface area contributed by atoms with Gasteiger partial charge in [0.2, 0.25) is 0 Å². The van der Waals surface area contributed by atoms with Gasteiger partial charge in [0.25, 0.3) is 0 Å². The average Bonchev–Trinajstić information content (AvgIpc) is 2.91. The van der Waals surface area contributed by atoms with Crippen LogP contribution >= 0.6 is 0 Å². The molecule has 0 heterocycles. The molecule has 0 amide bonds. The van der Waals surface area contributed by atoms with E-state index < -0.39 is 0 Å². The van der Waals surface area contributed by atoms with E-state index in [0.717, 1.165) is 38.5 Å². The monoisotopic (exact) mass is 372 g/mol. The Balaban J connectivity index is 1.77. The van der Waals surface area contributed by atoms with E-state index in [1.54, 1.807) is 6.92 Å².